The molecule has 0 aromatic heterocycles. The van der Waals surface area contributed by atoms with E-state index < -0.39 is 0 Å². The number of benzene rings is 2. The van der Waals surface area contributed by atoms with Crippen molar-refractivity contribution in [3.8, 4) is 5.75 Å². The average molecular weight is 467 g/mol. The van der Waals surface area contributed by atoms with E-state index in [4.69, 9.17) is 4.74 Å². The minimum atomic E-state index is -0.264. The van der Waals surface area contributed by atoms with Crippen molar-refractivity contribution in [3.05, 3.63) is 62.3 Å². The van der Waals surface area contributed by atoms with Gasteiger partial charge in [-0.25, -0.2) is 4.39 Å². The molecule has 2 rings (SSSR count). The molecule has 2 aromatic rings. The van der Waals surface area contributed by atoms with Gasteiger partial charge in [0.05, 0.1) is 11.4 Å². The molecule has 0 aliphatic carbocycles. The van der Waals surface area contributed by atoms with Crippen LogP contribution in [0, 0.1) is 5.82 Å². The predicted molar refractivity (Wildman–Crippen MR) is 90.2 cm³/mol. The summed E-state index contributed by atoms with van der Waals surface area (Å²) >= 11 is 10.5. The lowest BCUT2D eigenvalue weighted by Gasteiger charge is -2.17. The van der Waals surface area contributed by atoms with Gasteiger partial charge in [0, 0.05) is 14.5 Å². The Morgan fingerprint density at radius 2 is 1.85 bits per heavy atom. The van der Waals surface area contributed by atoms with Crippen LogP contribution in [0.5, 0.6) is 5.75 Å². The van der Waals surface area contributed by atoms with Crippen molar-refractivity contribution in [3.63, 3.8) is 0 Å². The summed E-state index contributed by atoms with van der Waals surface area (Å²) in [6, 6.07) is 10.5. The van der Waals surface area contributed by atoms with Crippen molar-refractivity contribution in [2.24, 2.45) is 0 Å². The molecule has 1 nitrogen and oxygen atoms in total. The van der Waals surface area contributed by atoms with Crippen LogP contribution in [0.2, 0.25) is 0 Å². The van der Waals surface area contributed by atoms with Gasteiger partial charge >= 0.3 is 0 Å². The van der Waals surface area contributed by atoms with E-state index in [0.29, 0.717) is 6.61 Å². The molecule has 0 saturated heterocycles. The Labute approximate surface area is 142 Å². The Morgan fingerprint density at radius 1 is 1.10 bits per heavy atom. The van der Waals surface area contributed by atoms with Crippen LogP contribution >= 0.6 is 47.8 Å². The maximum Gasteiger partial charge on any atom is 0.124 e. The third kappa shape index (κ3) is 3.62. The summed E-state index contributed by atoms with van der Waals surface area (Å²) in [5, 5.41) is 0. The molecule has 0 radical (unpaired) electrons. The highest BCUT2D eigenvalue weighted by atomic mass is 79.9. The maximum absolute atomic E-state index is 13.2. The van der Waals surface area contributed by atoms with Crippen molar-refractivity contribution in [1.29, 1.82) is 0 Å². The van der Waals surface area contributed by atoms with Gasteiger partial charge in [-0.15, -0.1) is 0 Å². The highest BCUT2D eigenvalue weighted by Gasteiger charge is 2.18. The van der Waals surface area contributed by atoms with Crippen molar-refractivity contribution in [1.82, 2.24) is 0 Å². The number of halogens is 4. The first kappa shape index (κ1) is 16.0. The molecule has 1 atom stereocenters. The Morgan fingerprint density at radius 3 is 2.50 bits per heavy atom. The van der Waals surface area contributed by atoms with Crippen LogP contribution in [0.1, 0.15) is 22.9 Å². The SMILES string of the molecule is CCOc1ccc(Br)cc1C(Br)c1ccc(F)cc1Br. The van der Waals surface area contributed by atoms with E-state index in [1.165, 1.54) is 12.1 Å². The molecular weight excluding hydrogens is 455 g/mol. The standard InChI is InChI=1S/C15H12Br3FO/c1-2-20-14-6-3-9(16)7-12(14)15(18)11-5-4-10(19)8-13(11)17/h3-8,15H,2H2,1H3. The highest BCUT2D eigenvalue weighted by Crippen LogP contribution is 2.40. The second kappa shape index (κ2) is 7.05. The number of hydrogen-bond donors (Lipinski definition) is 0. The average Bonchev–Trinajstić information content (AvgIpc) is 2.40. The molecule has 0 N–H and O–H groups in total. The molecular formula is C15H12Br3FO. The van der Waals surface area contributed by atoms with Crippen LogP contribution in [0.25, 0.3) is 0 Å². The number of rotatable bonds is 4. The zero-order chi connectivity index (χ0) is 14.7. The van der Waals surface area contributed by atoms with Crippen molar-refractivity contribution >= 4 is 47.8 Å². The first-order valence-corrected chi connectivity index (χ1v) is 8.54. The Kier molecular flexibility index (Phi) is 5.64. The lowest BCUT2D eigenvalue weighted by molar-refractivity contribution is 0.337. The lowest BCUT2D eigenvalue weighted by Crippen LogP contribution is -2.01. The van der Waals surface area contributed by atoms with Gasteiger partial charge in [0.15, 0.2) is 0 Å². The first-order chi connectivity index (χ1) is 9.52. The fourth-order valence-electron chi connectivity index (χ4n) is 1.88. The normalized spacial score (nSPS) is 12.2. The van der Waals surface area contributed by atoms with Gasteiger partial charge in [-0.2, -0.15) is 0 Å². The minimum absolute atomic E-state index is 0.0866. The molecule has 106 valence electrons. The van der Waals surface area contributed by atoms with Crippen molar-refractivity contribution in [2.75, 3.05) is 6.61 Å². The summed E-state index contributed by atoms with van der Waals surface area (Å²) in [7, 11) is 0. The zero-order valence-electron chi connectivity index (χ0n) is 10.7. The molecule has 0 spiro atoms. The summed E-state index contributed by atoms with van der Waals surface area (Å²) in [6.45, 7) is 2.54. The van der Waals surface area contributed by atoms with Gasteiger partial charge in [-0.1, -0.05) is 53.9 Å². The molecule has 0 fully saturated rings. The Balaban J connectivity index is 2.46. The van der Waals surface area contributed by atoms with Gasteiger partial charge in [-0.05, 0) is 42.8 Å². The number of hydrogen-bond acceptors (Lipinski definition) is 1. The van der Waals surface area contributed by atoms with Gasteiger partial charge in [-0.3, -0.25) is 0 Å². The molecule has 0 bridgehead atoms. The molecule has 5 heteroatoms. The fourth-order valence-corrected chi connectivity index (χ4v) is 3.90. The van der Waals surface area contributed by atoms with Gasteiger partial charge < -0.3 is 4.74 Å². The Bertz CT molecular complexity index is 616. The number of ether oxygens (including phenoxy) is 1. The van der Waals surface area contributed by atoms with Crippen LogP contribution in [-0.4, -0.2) is 6.61 Å². The van der Waals surface area contributed by atoms with Crippen molar-refractivity contribution in [2.45, 2.75) is 11.8 Å². The van der Waals surface area contributed by atoms with Gasteiger partial charge in [0.1, 0.15) is 11.6 Å². The molecule has 0 amide bonds. The van der Waals surface area contributed by atoms with E-state index in [1.807, 2.05) is 25.1 Å². The molecule has 20 heavy (non-hydrogen) atoms. The van der Waals surface area contributed by atoms with Crippen LogP contribution in [0.15, 0.2) is 45.3 Å². The van der Waals surface area contributed by atoms with Gasteiger partial charge in [0.25, 0.3) is 0 Å². The summed E-state index contributed by atoms with van der Waals surface area (Å²) in [5.74, 6) is 0.549. The second-order valence-corrected chi connectivity index (χ2v) is 6.83. The zero-order valence-corrected chi connectivity index (χ0v) is 15.4. The largest absolute Gasteiger partial charge is 0.494 e. The van der Waals surface area contributed by atoms with Crippen LogP contribution in [0.3, 0.4) is 0 Å². The van der Waals surface area contributed by atoms with Gasteiger partial charge in [0.2, 0.25) is 0 Å². The summed E-state index contributed by atoms with van der Waals surface area (Å²) in [5.41, 5.74) is 1.94. The summed E-state index contributed by atoms with van der Waals surface area (Å²) in [6.07, 6.45) is 0. The second-order valence-electron chi connectivity index (χ2n) is 4.14. The minimum Gasteiger partial charge on any atom is -0.494 e. The lowest BCUT2D eigenvalue weighted by atomic mass is 10.0. The molecule has 0 heterocycles. The topological polar surface area (TPSA) is 9.23 Å². The van der Waals surface area contributed by atoms with E-state index in [0.717, 1.165) is 25.8 Å². The fraction of sp³-hybridized carbons (Fsp3) is 0.200. The molecule has 0 aliphatic rings. The van der Waals surface area contributed by atoms with Crippen LogP contribution in [-0.2, 0) is 0 Å². The van der Waals surface area contributed by atoms with E-state index >= 15 is 0 Å². The third-order valence-electron chi connectivity index (χ3n) is 2.78. The predicted octanol–water partition coefficient (Wildman–Crippen LogP) is 6.23. The first-order valence-electron chi connectivity index (χ1n) is 6.04. The number of alkyl halides is 1. The summed E-state index contributed by atoms with van der Waals surface area (Å²) < 4.78 is 20.6. The van der Waals surface area contributed by atoms with Crippen LogP contribution < -0.4 is 4.74 Å². The van der Waals surface area contributed by atoms with E-state index in [-0.39, 0.29) is 10.6 Å². The maximum atomic E-state index is 13.2. The molecule has 0 saturated carbocycles. The molecule has 0 aliphatic heterocycles. The van der Waals surface area contributed by atoms with Crippen molar-refractivity contribution < 1.29 is 9.13 Å². The van der Waals surface area contributed by atoms with E-state index in [1.54, 1.807) is 6.07 Å². The molecule has 2 aromatic carbocycles. The van der Waals surface area contributed by atoms with E-state index in [2.05, 4.69) is 47.8 Å². The van der Waals surface area contributed by atoms with Crippen LogP contribution in [0.4, 0.5) is 4.39 Å². The van der Waals surface area contributed by atoms with E-state index in [9.17, 15) is 4.39 Å². The smallest absolute Gasteiger partial charge is 0.124 e. The molecule has 1 unspecified atom stereocenters. The quantitative estimate of drug-likeness (QED) is 0.485. The monoisotopic (exact) mass is 464 g/mol. The summed E-state index contributed by atoms with van der Waals surface area (Å²) in [4.78, 5) is -0.0866. The highest BCUT2D eigenvalue weighted by molar-refractivity contribution is 9.11. The Hall–Kier alpha value is -0.390. The third-order valence-corrected chi connectivity index (χ3v) is 4.95.